The molecule has 17 heteroatoms. The summed E-state index contributed by atoms with van der Waals surface area (Å²) >= 11 is 0. The number of carbonyl (C=O) groups excluding carboxylic acids is 3. The Hall–Kier alpha value is -5.84. The molecule has 0 aliphatic rings. The molecule has 49 heavy (non-hydrogen) atoms. The number of nitrogens with zero attached hydrogens (tertiary/aromatic N) is 2. The van der Waals surface area contributed by atoms with E-state index in [1.165, 1.54) is 12.1 Å². The molecule has 4 atom stereocenters. The van der Waals surface area contributed by atoms with Crippen LogP contribution in [0, 0.1) is 0 Å². The number of para-hydroxylation sites is 1. The monoisotopic (exact) mass is 679 g/mol. The minimum absolute atomic E-state index is 0.0114. The Balaban J connectivity index is 1.79. The van der Waals surface area contributed by atoms with Gasteiger partial charge in [-0.05, 0) is 61.4 Å². The normalized spacial score (nSPS) is 13.3. The van der Waals surface area contributed by atoms with Crippen LogP contribution in [0.2, 0.25) is 0 Å². The van der Waals surface area contributed by atoms with Crippen molar-refractivity contribution in [3.05, 3.63) is 65.9 Å². The fourth-order valence-electron chi connectivity index (χ4n) is 5.06. The van der Waals surface area contributed by atoms with E-state index in [0.29, 0.717) is 5.56 Å². The lowest BCUT2D eigenvalue weighted by atomic mass is 10.0. The number of nitrogens with one attached hydrogen (secondary N) is 4. The molecule has 17 nitrogen and oxygen atoms in total. The Labute approximate surface area is 282 Å². The van der Waals surface area contributed by atoms with E-state index in [4.69, 9.17) is 28.7 Å². The maximum absolute atomic E-state index is 13.8. The van der Waals surface area contributed by atoms with Crippen molar-refractivity contribution in [2.45, 2.75) is 62.7 Å². The molecule has 264 valence electrons. The van der Waals surface area contributed by atoms with E-state index in [1.807, 2.05) is 24.3 Å². The number of nitrogens with two attached hydrogens (primary N) is 5. The number of fused-ring (bicyclic) bond motifs is 1. The van der Waals surface area contributed by atoms with Crippen LogP contribution in [0.5, 0.6) is 5.75 Å². The second-order valence-electron chi connectivity index (χ2n) is 11.5. The van der Waals surface area contributed by atoms with Gasteiger partial charge in [0.1, 0.15) is 23.9 Å². The average Bonchev–Trinajstić information content (AvgIpc) is 3.46. The van der Waals surface area contributed by atoms with E-state index < -0.39 is 47.9 Å². The van der Waals surface area contributed by atoms with Gasteiger partial charge in [0, 0.05) is 36.6 Å². The Kier molecular flexibility index (Phi) is 14.2. The minimum atomic E-state index is -1.30. The van der Waals surface area contributed by atoms with Crippen LogP contribution in [0.4, 0.5) is 0 Å². The van der Waals surface area contributed by atoms with E-state index in [2.05, 4.69) is 30.9 Å². The number of carboxylic acid groups (broad SMARTS) is 1. The second kappa shape index (κ2) is 18.5. The highest BCUT2D eigenvalue weighted by molar-refractivity contribution is 5.94. The van der Waals surface area contributed by atoms with E-state index in [-0.39, 0.29) is 69.3 Å². The maximum Gasteiger partial charge on any atom is 0.326 e. The Bertz CT molecular complexity index is 1630. The average molecular weight is 680 g/mol. The molecule has 0 radical (unpaired) electrons. The second-order valence-corrected chi connectivity index (χ2v) is 11.5. The van der Waals surface area contributed by atoms with Gasteiger partial charge in [-0.15, -0.1) is 0 Å². The fourth-order valence-corrected chi connectivity index (χ4v) is 5.06. The van der Waals surface area contributed by atoms with Crippen molar-refractivity contribution in [3.8, 4) is 5.75 Å². The van der Waals surface area contributed by atoms with E-state index in [0.717, 1.165) is 16.5 Å². The topological polar surface area (TPSA) is 315 Å². The fraction of sp³-hybridized carbons (Fsp3) is 0.375. The highest BCUT2D eigenvalue weighted by Crippen LogP contribution is 2.19. The number of aromatic nitrogens is 1. The van der Waals surface area contributed by atoms with Gasteiger partial charge in [0.2, 0.25) is 17.7 Å². The largest absolute Gasteiger partial charge is 0.508 e. The van der Waals surface area contributed by atoms with Crippen molar-refractivity contribution in [1.82, 2.24) is 20.9 Å². The summed E-state index contributed by atoms with van der Waals surface area (Å²) in [6, 6.07) is 8.88. The number of phenolic OH excluding ortho intramolecular Hbond substituents is 1. The SMILES string of the molecule is NC(N)=NCCCC(NC(=O)C(CCCN=C(N)N)NC(=O)C(Cc1ccc(O)cc1)NC(=O)C(N)Cc1c[nH]c2ccccc12)C(=O)O. The molecule has 1 heterocycles. The first kappa shape index (κ1) is 37.6. The molecule has 4 unspecified atom stereocenters. The zero-order chi connectivity index (χ0) is 35.9. The number of hydrogen-bond donors (Lipinski definition) is 11. The molecule has 0 bridgehead atoms. The van der Waals surface area contributed by atoms with Gasteiger partial charge in [0.15, 0.2) is 11.9 Å². The van der Waals surface area contributed by atoms with Crippen LogP contribution in [0.3, 0.4) is 0 Å². The van der Waals surface area contributed by atoms with Crippen LogP contribution >= 0.6 is 0 Å². The van der Waals surface area contributed by atoms with Gasteiger partial charge in [0.25, 0.3) is 0 Å². The quantitative estimate of drug-likeness (QED) is 0.0399. The lowest BCUT2D eigenvalue weighted by Crippen LogP contribution is -2.57. The van der Waals surface area contributed by atoms with Crippen LogP contribution in [-0.2, 0) is 32.0 Å². The third kappa shape index (κ3) is 12.4. The Morgan fingerprint density at radius 1 is 0.735 bits per heavy atom. The highest BCUT2D eigenvalue weighted by Gasteiger charge is 2.30. The molecule has 3 rings (SSSR count). The number of aromatic hydroxyl groups is 1. The molecule has 0 aliphatic heterocycles. The van der Waals surface area contributed by atoms with Crippen LogP contribution in [0.15, 0.2) is 64.7 Å². The lowest BCUT2D eigenvalue weighted by molar-refractivity contribution is -0.142. The summed E-state index contributed by atoms with van der Waals surface area (Å²) in [5.41, 5.74) is 30.1. The predicted octanol–water partition coefficient (Wildman–Crippen LogP) is -1.37. The van der Waals surface area contributed by atoms with Crippen molar-refractivity contribution in [2.24, 2.45) is 38.7 Å². The standard InChI is InChI=1S/C32H45N11O6/c33-22(16-19-17-40-23-6-2-1-5-21(19)23)27(45)43-26(15-18-9-11-20(44)12-10-18)29(47)41-24(7-3-13-38-31(34)35)28(46)42-25(30(48)49)8-4-14-39-32(36)37/h1-2,5-6,9-12,17,22,24-26,40,44H,3-4,7-8,13-16,33H2,(H,41,47)(H,42,46)(H,43,45)(H,48,49)(H4,34,35,38)(H4,36,37,39). The number of benzene rings is 2. The smallest absolute Gasteiger partial charge is 0.326 e. The number of rotatable bonds is 19. The summed E-state index contributed by atoms with van der Waals surface area (Å²) in [5.74, 6) is -3.67. The number of carbonyl (C=O) groups is 4. The van der Waals surface area contributed by atoms with Crippen molar-refractivity contribution < 1.29 is 29.4 Å². The zero-order valence-corrected chi connectivity index (χ0v) is 27.0. The molecule has 0 saturated carbocycles. The molecule has 3 amide bonds. The summed E-state index contributed by atoms with van der Waals surface area (Å²) in [4.78, 5) is 63.4. The van der Waals surface area contributed by atoms with Gasteiger partial charge < -0.3 is 59.8 Å². The van der Waals surface area contributed by atoms with Crippen LogP contribution in [-0.4, -0.2) is 88.1 Å². The molecular weight excluding hydrogens is 634 g/mol. The van der Waals surface area contributed by atoms with Crippen LogP contribution in [0.25, 0.3) is 10.9 Å². The van der Waals surface area contributed by atoms with E-state index in [1.54, 1.807) is 18.3 Å². The summed E-state index contributed by atoms with van der Waals surface area (Å²) in [7, 11) is 0. The number of hydrogen-bond acceptors (Lipinski definition) is 8. The third-order valence-corrected chi connectivity index (χ3v) is 7.60. The Morgan fingerprint density at radius 3 is 1.90 bits per heavy atom. The number of aliphatic imine (C=N–C) groups is 2. The molecular formula is C32H45N11O6. The van der Waals surface area contributed by atoms with Gasteiger partial charge in [0.05, 0.1) is 6.04 Å². The number of H-pyrrole nitrogens is 1. The summed E-state index contributed by atoms with van der Waals surface area (Å²) < 4.78 is 0. The number of phenols is 1. The van der Waals surface area contributed by atoms with Crippen molar-refractivity contribution in [2.75, 3.05) is 13.1 Å². The summed E-state index contributed by atoms with van der Waals surface area (Å²) in [6.45, 7) is 0.293. The molecule has 0 spiro atoms. The summed E-state index contributed by atoms with van der Waals surface area (Å²) in [5, 5.41) is 28.2. The molecule has 16 N–H and O–H groups in total. The van der Waals surface area contributed by atoms with Crippen LogP contribution in [0.1, 0.15) is 36.8 Å². The summed E-state index contributed by atoms with van der Waals surface area (Å²) in [6.07, 6.45) is 2.50. The lowest BCUT2D eigenvalue weighted by Gasteiger charge is -2.25. The van der Waals surface area contributed by atoms with Gasteiger partial charge in [-0.3, -0.25) is 24.4 Å². The van der Waals surface area contributed by atoms with Crippen LogP contribution < -0.4 is 44.6 Å². The molecule has 2 aromatic carbocycles. The minimum Gasteiger partial charge on any atom is -0.508 e. The zero-order valence-electron chi connectivity index (χ0n) is 27.0. The molecule has 3 aromatic rings. The first-order valence-electron chi connectivity index (χ1n) is 15.7. The maximum atomic E-state index is 13.8. The van der Waals surface area contributed by atoms with E-state index in [9.17, 15) is 29.4 Å². The molecule has 0 fully saturated rings. The molecule has 0 aliphatic carbocycles. The number of carboxylic acids is 1. The first-order chi connectivity index (χ1) is 23.3. The van der Waals surface area contributed by atoms with E-state index >= 15 is 0 Å². The number of aromatic amines is 1. The van der Waals surface area contributed by atoms with Crippen molar-refractivity contribution in [1.29, 1.82) is 0 Å². The molecule has 0 saturated heterocycles. The number of guanidine groups is 2. The van der Waals surface area contributed by atoms with Gasteiger partial charge in [-0.25, -0.2) is 4.79 Å². The van der Waals surface area contributed by atoms with Crippen molar-refractivity contribution >= 4 is 46.5 Å². The van der Waals surface area contributed by atoms with Gasteiger partial charge in [-0.2, -0.15) is 0 Å². The third-order valence-electron chi connectivity index (χ3n) is 7.60. The Morgan fingerprint density at radius 2 is 1.29 bits per heavy atom. The van der Waals surface area contributed by atoms with Crippen molar-refractivity contribution in [3.63, 3.8) is 0 Å². The first-order valence-corrected chi connectivity index (χ1v) is 15.7. The molecule has 1 aromatic heterocycles. The number of amides is 3. The highest BCUT2D eigenvalue weighted by atomic mass is 16.4. The van der Waals surface area contributed by atoms with Gasteiger partial charge in [-0.1, -0.05) is 30.3 Å². The predicted molar refractivity (Wildman–Crippen MR) is 185 cm³/mol. The number of aliphatic carboxylic acids is 1. The van der Waals surface area contributed by atoms with Gasteiger partial charge >= 0.3 is 5.97 Å².